The number of likely N-dealkylation sites (N-methyl/N-ethyl adjacent to an activating group) is 1. The first kappa shape index (κ1) is 21.9. The van der Waals surface area contributed by atoms with Gasteiger partial charge in [0.1, 0.15) is 5.82 Å². The second-order valence-corrected chi connectivity index (χ2v) is 7.57. The summed E-state index contributed by atoms with van der Waals surface area (Å²) in [6.45, 7) is 10.1. The van der Waals surface area contributed by atoms with Crippen LogP contribution in [0.1, 0.15) is 34.0 Å². The van der Waals surface area contributed by atoms with Gasteiger partial charge in [-0.2, -0.15) is 0 Å². The first-order valence-electron chi connectivity index (χ1n) is 10.1. The quantitative estimate of drug-likeness (QED) is 0.556. The number of carbonyl (C=O) groups excluding carboxylic acids is 1. The van der Waals surface area contributed by atoms with Crippen LogP contribution in [0, 0.1) is 22.9 Å². The molecule has 0 saturated carbocycles. The first-order valence-corrected chi connectivity index (χ1v) is 10.1. The maximum atomic E-state index is 13.9. The van der Waals surface area contributed by atoms with Gasteiger partial charge in [-0.3, -0.25) is 19.8 Å². The number of nitrogens with one attached hydrogen (secondary N) is 1. The number of nitro benzene ring substituents is 1. The average molecular weight is 414 g/mol. The minimum atomic E-state index is -0.765. The zero-order valence-corrected chi connectivity index (χ0v) is 17.4. The number of halogens is 1. The van der Waals surface area contributed by atoms with Crippen molar-refractivity contribution in [3.8, 4) is 0 Å². The summed E-state index contributed by atoms with van der Waals surface area (Å²) in [5.41, 5.74) is 1.58. The molecule has 3 rings (SSSR count). The van der Waals surface area contributed by atoms with Crippen LogP contribution in [-0.2, 0) is 13.1 Å². The fourth-order valence-corrected chi connectivity index (χ4v) is 3.55. The van der Waals surface area contributed by atoms with Gasteiger partial charge in [0.15, 0.2) is 0 Å². The Morgan fingerprint density at radius 1 is 1.10 bits per heavy atom. The van der Waals surface area contributed by atoms with Crippen LogP contribution < -0.4 is 5.32 Å². The molecule has 0 aromatic heterocycles. The van der Waals surface area contributed by atoms with Gasteiger partial charge in [-0.25, -0.2) is 4.39 Å². The predicted molar refractivity (Wildman–Crippen MR) is 113 cm³/mol. The van der Waals surface area contributed by atoms with Crippen molar-refractivity contribution in [3.63, 3.8) is 0 Å². The number of amides is 1. The van der Waals surface area contributed by atoms with Crippen LogP contribution in [0.25, 0.3) is 0 Å². The fourth-order valence-electron chi connectivity index (χ4n) is 3.55. The van der Waals surface area contributed by atoms with Crippen molar-refractivity contribution < 1.29 is 14.1 Å². The van der Waals surface area contributed by atoms with Crippen LogP contribution in [0.3, 0.4) is 0 Å². The summed E-state index contributed by atoms with van der Waals surface area (Å²) in [4.78, 5) is 27.6. The number of nitrogens with zero attached hydrogens (tertiary/aromatic N) is 3. The SMILES string of the molecule is CCN1CCN(Cc2ccc(CNC(=O)c3cc(F)c(C)c([N+](=O)[O-])c3)cc2)CC1. The molecule has 0 spiro atoms. The van der Waals surface area contributed by atoms with Crippen LogP contribution >= 0.6 is 0 Å². The van der Waals surface area contributed by atoms with E-state index in [0.717, 1.165) is 57.0 Å². The summed E-state index contributed by atoms with van der Waals surface area (Å²) in [7, 11) is 0. The Kier molecular flexibility index (Phi) is 7.12. The molecule has 1 aliphatic rings. The second kappa shape index (κ2) is 9.77. The third-order valence-electron chi connectivity index (χ3n) is 5.57. The lowest BCUT2D eigenvalue weighted by atomic mass is 10.1. The smallest absolute Gasteiger partial charge is 0.276 e. The molecule has 1 heterocycles. The largest absolute Gasteiger partial charge is 0.348 e. The summed E-state index contributed by atoms with van der Waals surface area (Å²) in [5, 5.41) is 13.7. The molecule has 1 amide bonds. The molecule has 1 aliphatic heterocycles. The summed E-state index contributed by atoms with van der Waals surface area (Å²) in [6, 6.07) is 10.1. The molecule has 160 valence electrons. The van der Waals surface area contributed by atoms with Crippen molar-refractivity contribution in [1.82, 2.24) is 15.1 Å². The molecule has 1 saturated heterocycles. The number of carbonyl (C=O) groups is 1. The summed E-state index contributed by atoms with van der Waals surface area (Å²) < 4.78 is 13.9. The Hall–Kier alpha value is -2.84. The third-order valence-corrected chi connectivity index (χ3v) is 5.57. The number of hydrogen-bond acceptors (Lipinski definition) is 5. The molecule has 7 nitrogen and oxygen atoms in total. The molecule has 0 aliphatic carbocycles. The number of nitro groups is 1. The highest BCUT2D eigenvalue weighted by atomic mass is 19.1. The van der Waals surface area contributed by atoms with Crippen LogP contribution in [0.15, 0.2) is 36.4 Å². The number of piperazine rings is 1. The van der Waals surface area contributed by atoms with E-state index in [9.17, 15) is 19.3 Å². The van der Waals surface area contributed by atoms with E-state index in [2.05, 4.69) is 22.0 Å². The molecule has 1 N–H and O–H groups in total. The maximum Gasteiger partial charge on any atom is 0.276 e. The lowest BCUT2D eigenvalue weighted by molar-refractivity contribution is -0.385. The van der Waals surface area contributed by atoms with E-state index in [-0.39, 0.29) is 17.7 Å². The average Bonchev–Trinajstić information content (AvgIpc) is 2.75. The first-order chi connectivity index (χ1) is 14.4. The fraction of sp³-hybridized carbons (Fsp3) is 0.409. The minimum absolute atomic E-state index is 0.0624. The molecule has 0 radical (unpaired) electrons. The third kappa shape index (κ3) is 5.40. The molecule has 30 heavy (non-hydrogen) atoms. The van der Waals surface area contributed by atoms with Crippen LogP contribution in [0.4, 0.5) is 10.1 Å². The number of benzene rings is 2. The Morgan fingerprint density at radius 2 is 1.70 bits per heavy atom. The van der Waals surface area contributed by atoms with E-state index < -0.39 is 22.3 Å². The van der Waals surface area contributed by atoms with E-state index in [1.54, 1.807) is 0 Å². The van der Waals surface area contributed by atoms with Crippen LogP contribution in [0.5, 0.6) is 0 Å². The van der Waals surface area contributed by atoms with Crippen molar-refractivity contribution in [2.24, 2.45) is 0 Å². The van der Waals surface area contributed by atoms with E-state index in [1.807, 2.05) is 24.3 Å². The highest BCUT2D eigenvalue weighted by Gasteiger charge is 2.19. The molecule has 8 heteroatoms. The van der Waals surface area contributed by atoms with Crippen molar-refractivity contribution in [2.45, 2.75) is 26.9 Å². The Labute approximate surface area is 175 Å². The standard InChI is InChI=1S/C22H27FN4O3/c1-3-25-8-10-26(11-9-25)15-18-6-4-17(5-7-18)14-24-22(28)19-12-20(23)16(2)21(13-19)27(29)30/h4-7,12-13H,3,8-11,14-15H2,1-2H3,(H,24,28). The predicted octanol–water partition coefficient (Wildman–Crippen LogP) is 3.11. The van der Waals surface area contributed by atoms with Gasteiger partial charge < -0.3 is 10.2 Å². The zero-order chi connectivity index (χ0) is 21.7. The molecule has 2 aromatic rings. The molecule has 0 unspecified atom stereocenters. The van der Waals surface area contributed by atoms with E-state index in [0.29, 0.717) is 0 Å². The van der Waals surface area contributed by atoms with Crippen LogP contribution in [-0.4, -0.2) is 53.4 Å². The topological polar surface area (TPSA) is 78.7 Å². The monoisotopic (exact) mass is 414 g/mol. The molecule has 0 bridgehead atoms. The van der Waals surface area contributed by atoms with Crippen molar-refractivity contribution >= 4 is 11.6 Å². The zero-order valence-electron chi connectivity index (χ0n) is 17.4. The number of hydrogen-bond donors (Lipinski definition) is 1. The highest BCUT2D eigenvalue weighted by molar-refractivity contribution is 5.95. The van der Waals surface area contributed by atoms with Gasteiger partial charge in [0, 0.05) is 50.9 Å². The normalized spacial score (nSPS) is 15.2. The summed E-state index contributed by atoms with van der Waals surface area (Å²) in [6.07, 6.45) is 0. The van der Waals surface area contributed by atoms with Gasteiger partial charge in [-0.05, 0) is 30.7 Å². The molecular formula is C22H27FN4O3. The van der Waals surface area contributed by atoms with E-state index in [4.69, 9.17) is 0 Å². The summed E-state index contributed by atoms with van der Waals surface area (Å²) in [5.74, 6) is -1.31. The minimum Gasteiger partial charge on any atom is -0.348 e. The van der Waals surface area contributed by atoms with E-state index >= 15 is 0 Å². The molecule has 1 fully saturated rings. The van der Waals surface area contributed by atoms with Crippen molar-refractivity contribution in [2.75, 3.05) is 32.7 Å². The van der Waals surface area contributed by atoms with Gasteiger partial charge in [-0.15, -0.1) is 0 Å². The Morgan fingerprint density at radius 3 is 2.30 bits per heavy atom. The highest BCUT2D eigenvalue weighted by Crippen LogP contribution is 2.22. The van der Waals surface area contributed by atoms with Crippen LogP contribution in [0.2, 0.25) is 0 Å². The Bertz CT molecular complexity index is 909. The van der Waals surface area contributed by atoms with Gasteiger partial charge in [-0.1, -0.05) is 31.2 Å². The maximum absolute atomic E-state index is 13.9. The summed E-state index contributed by atoms with van der Waals surface area (Å²) >= 11 is 0. The lowest BCUT2D eigenvalue weighted by Gasteiger charge is -2.34. The Balaban J connectivity index is 1.55. The molecule has 2 aromatic carbocycles. The van der Waals surface area contributed by atoms with E-state index in [1.165, 1.54) is 12.5 Å². The molecule has 0 atom stereocenters. The second-order valence-electron chi connectivity index (χ2n) is 7.57. The van der Waals surface area contributed by atoms with Gasteiger partial charge in [0.25, 0.3) is 11.6 Å². The van der Waals surface area contributed by atoms with Gasteiger partial charge >= 0.3 is 0 Å². The van der Waals surface area contributed by atoms with Crippen molar-refractivity contribution in [1.29, 1.82) is 0 Å². The van der Waals surface area contributed by atoms with Gasteiger partial charge in [0.2, 0.25) is 0 Å². The molecular weight excluding hydrogens is 387 g/mol. The van der Waals surface area contributed by atoms with Crippen molar-refractivity contribution in [3.05, 3.63) is 74.6 Å². The lowest BCUT2D eigenvalue weighted by Crippen LogP contribution is -2.45. The number of rotatable bonds is 7. The van der Waals surface area contributed by atoms with Gasteiger partial charge in [0.05, 0.1) is 10.5 Å².